The number of benzene rings is 1. The van der Waals surface area contributed by atoms with Crippen LogP contribution in [0.15, 0.2) is 24.3 Å². The summed E-state index contributed by atoms with van der Waals surface area (Å²) >= 11 is 0. The van der Waals surface area contributed by atoms with Gasteiger partial charge < -0.3 is 10.6 Å². The summed E-state index contributed by atoms with van der Waals surface area (Å²) in [5.41, 5.74) is 8.02. The summed E-state index contributed by atoms with van der Waals surface area (Å²) < 4.78 is 0. The second kappa shape index (κ2) is 7.66. The van der Waals surface area contributed by atoms with Gasteiger partial charge in [0.25, 0.3) is 5.91 Å². The van der Waals surface area contributed by atoms with E-state index in [1.54, 1.807) is 0 Å². The van der Waals surface area contributed by atoms with E-state index < -0.39 is 0 Å². The Morgan fingerprint density at radius 2 is 1.96 bits per heavy atom. The molecule has 4 heteroatoms. The van der Waals surface area contributed by atoms with Crippen molar-refractivity contribution in [2.75, 3.05) is 19.6 Å². The van der Waals surface area contributed by atoms with Crippen LogP contribution in [0.5, 0.6) is 0 Å². The van der Waals surface area contributed by atoms with E-state index in [0.29, 0.717) is 12.5 Å². The molecule has 0 spiro atoms. The number of carbonyl (C=O) groups excluding carboxylic acids is 1. The molecule has 132 valence electrons. The summed E-state index contributed by atoms with van der Waals surface area (Å²) in [5, 5.41) is 0. The maximum absolute atomic E-state index is 12.9. The SMILES string of the molecule is CCN(Cc1ccc(C(=O)N2CCC[C@H](C)[C@@H]2CN)cc1)C1CC1. The molecular weight excluding hydrogens is 298 g/mol. The van der Waals surface area contributed by atoms with Crippen LogP contribution in [0.1, 0.15) is 55.5 Å². The van der Waals surface area contributed by atoms with Crippen molar-refractivity contribution >= 4 is 5.91 Å². The molecule has 4 nitrogen and oxygen atoms in total. The topological polar surface area (TPSA) is 49.6 Å². The van der Waals surface area contributed by atoms with E-state index in [1.807, 2.05) is 17.0 Å². The van der Waals surface area contributed by atoms with Crippen molar-refractivity contribution in [3.8, 4) is 0 Å². The fourth-order valence-electron chi connectivity index (χ4n) is 3.95. The number of hydrogen-bond acceptors (Lipinski definition) is 3. The highest BCUT2D eigenvalue weighted by Crippen LogP contribution is 2.28. The van der Waals surface area contributed by atoms with Crippen LogP contribution in [-0.4, -0.2) is 47.4 Å². The molecular formula is C20H31N3O. The predicted octanol–water partition coefficient (Wildman–Crippen LogP) is 2.87. The zero-order valence-electron chi connectivity index (χ0n) is 15.1. The van der Waals surface area contributed by atoms with Crippen molar-refractivity contribution in [2.45, 2.75) is 58.2 Å². The molecule has 1 aliphatic carbocycles. The average molecular weight is 329 g/mol. The van der Waals surface area contributed by atoms with Gasteiger partial charge in [-0.3, -0.25) is 9.69 Å². The second-order valence-corrected chi connectivity index (χ2v) is 7.41. The zero-order valence-corrected chi connectivity index (χ0v) is 15.1. The monoisotopic (exact) mass is 329 g/mol. The molecule has 3 rings (SSSR count). The quantitative estimate of drug-likeness (QED) is 0.873. The van der Waals surface area contributed by atoms with Crippen LogP contribution in [-0.2, 0) is 6.54 Å². The zero-order chi connectivity index (χ0) is 17.1. The molecule has 1 aromatic carbocycles. The van der Waals surface area contributed by atoms with Crippen LogP contribution >= 0.6 is 0 Å². The van der Waals surface area contributed by atoms with Crippen molar-refractivity contribution < 1.29 is 4.79 Å². The summed E-state index contributed by atoms with van der Waals surface area (Å²) in [6.07, 6.45) is 4.91. The Morgan fingerprint density at radius 1 is 1.25 bits per heavy atom. The molecule has 1 aromatic rings. The lowest BCUT2D eigenvalue weighted by Gasteiger charge is -2.39. The van der Waals surface area contributed by atoms with Crippen LogP contribution < -0.4 is 5.73 Å². The normalized spacial score (nSPS) is 24.4. The van der Waals surface area contributed by atoms with Gasteiger partial charge in [0.1, 0.15) is 0 Å². The highest BCUT2D eigenvalue weighted by molar-refractivity contribution is 5.94. The van der Waals surface area contributed by atoms with E-state index in [0.717, 1.165) is 37.7 Å². The Kier molecular flexibility index (Phi) is 5.57. The second-order valence-electron chi connectivity index (χ2n) is 7.41. The molecule has 0 radical (unpaired) electrons. The molecule has 1 saturated carbocycles. The largest absolute Gasteiger partial charge is 0.334 e. The molecule has 1 heterocycles. The third-order valence-corrected chi connectivity index (χ3v) is 5.67. The van der Waals surface area contributed by atoms with Gasteiger partial charge in [-0.15, -0.1) is 0 Å². The van der Waals surface area contributed by atoms with Gasteiger partial charge in [0.15, 0.2) is 0 Å². The molecule has 0 aromatic heterocycles. The molecule has 24 heavy (non-hydrogen) atoms. The molecule has 0 bridgehead atoms. The third kappa shape index (κ3) is 3.81. The lowest BCUT2D eigenvalue weighted by atomic mass is 9.90. The van der Waals surface area contributed by atoms with E-state index >= 15 is 0 Å². The predicted molar refractivity (Wildman–Crippen MR) is 97.8 cm³/mol. The number of nitrogens with two attached hydrogens (primary N) is 1. The van der Waals surface area contributed by atoms with Gasteiger partial charge in [-0.25, -0.2) is 0 Å². The van der Waals surface area contributed by atoms with Crippen LogP contribution in [0.25, 0.3) is 0 Å². The Bertz CT molecular complexity index is 553. The van der Waals surface area contributed by atoms with Crippen LogP contribution in [0.3, 0.4) is 0 Å². The molecule has 1 aliphatic heterocycles. The van der Waals surface area contributed by atoms with Gasteiger partial charge in [0.2, 0.25) is 0 Å². The van der Waals surface area contributed by atoms with Gasteiger partial charge in [-0.2, -0.15) is 0 Å². The van der Waals surface area contributed by atoms with Crippen molar-refractivity contribution in [1.29, 1.82) is 0 Å². The number of nitrogens with zero attached hydrogens (tertiary/aromatic N) is 2. The van der Waals surface area contributed by atoms with E-state index in [2.05, 4.69) is 30.9 Å². The summed E-state index contributed by atoms with van der Waals surface area (Å²) in [5.74, 6) is 0.627. The number of rotatable bonds is 6. The van der Waals surface area contributed by atoms with Gasteiger partial charge in [-0.1, -0.05) is 26.0 Å². The Morgan fingerprint density at radius 3 is 2.54 bits per heavy atom. The standard InChI is InChI=1S/C20H31N3O/c1-3-22(18-10-11-18)14-16-6-8-17(9-7-16)20(24)23-12-4-5-15(2)19(23)13-21/h6-9,15,18-19H,3-5,10-14,21H2,1-2H3/t15-,19-/m0/s1. The maximum Gasteiger partial charge on any atom is 0.254 e. The van der Waals surface area contributed by atoms with E-state index in [1.165, 1.54) is 24.8 Å². The number of likely N-dealkylation sites (tertiary alicyclic amines) is 1. The van der Waals surface area contributed by atoms with Crippen molar-refractivity contribution in [3.63, 3.8) is 0 Å². The van der Waals surface area contributed by atoms with Crippen LogP contribution in [0.2, 0.25) is 0 Å². The van der Waals surface area contributed by atoms with E-state index in [4.69, 9.17) is 5.73 Å². The van der Waals surface area contributed by atoms with Crippen LogP contribution in [0.4, 0.5) is 0 Å². The highest BCUT2D eigenvalue weighted by Gasteiger charge is 2.31. The minimum Gasteiger partial charge on any atom is -0.334 e. The first-order valence-corrected chi connectivity index (χ1v) is 9.48. The average Bonchev–Trinajstić information content (AvgIpc) is 3.44. The van der Waals surface area contributed by atoms with E-state index in [-0.39, 0.29) is 11.9 Å². The first kappa shape index (κ1) is 17.4. The molecule has 0 unspecified atom stereocenters. The Hall–Kier alpha value is -1.39. The smallest absolute Gasteiger partial charge is 0.254 e. The number of piperidine rings is 1. The maximum atomic E-state index is 12.9. The van der Waals surface area contributed by atoms with Crippen molar-refractivity contribution in [3.05, 3.63) is 35.4 Å². The number of carbonyl (C=O) groups is 1. The Labute approximate surface area is 146 Å². The highest BCUT2D eigenvalue weighted by atomic mass is 16.2. The molecule has 1 amide bonds. The fraction of sp³-hybridized carbons (Fsp3) is 0.650. The minimum atomic E-state index is 0.137. The van der Waals surface area contributed by atoms with Gasteiger partial charge in [0, 0.05) is 37.3 Å². The lowest BCUT2D eigenvalue weighted by molar-refractivity contribution is 0.0532. The lowest BCUT2D eigenvalue weighted by Crippen LogP contribution is -2.51. The summed E-state index contributed by atoms with van der Waals surface area (Å²) in [4.78, 5) is 17.4. The molecule has 1 saturated heterocycles. The first-order valence-electron chi connectivity index (χ1n) is 9.48. The first-order chi connectivity index (χ1) is 11.6. The summed E-state index contributed by atoms with van der Waals surface area (Å²) in [6, 6.07) is 9.16. The minimum absolute atomic E-state index is 0.137. The van der Waals surface area contributed by atoms with Crippen LogP contribution in [0, 0.1) is 5.92 Å². The van der Waals surface area contributed by atoms with Gasteiger partial charge in [0.05, 0.1) is 0 Å². The summed E-state index contributed by atoms with van der Waals surface area (Å²) in [6.45, 7) is 7.89. The van der Waals surface area contributed by atoms with Crippen molar-refractivity contribution in [1.82, 2.24) is 9.80 Å². The summed E-state index contributed by atoms with van der Waals surface area (Å²) in [7, 11) is 0. The van der Waals surface area contributed by atoms with Gasteiger partial charge >= 0.3 is 0 Å². The van der Waals surface area contributed by atoms with E-state index in [9.17, 15) is 4.79 Å². The van der Waals surface area contributed by atoms with Gasteiger partial charge in [-0.05, 0) is 55.8 Å². The number of amides is 1. The number of hydrogen-bond donors (Lipinski definition) is 1. The molecule has 2 aliphatic rings. The molecule has 2 atom stereocenters. The Balaban J connectivity index is 1.66. The fourth-order valence-corrected chi connectivity index (χ4v) is 3.95. The molecule has 2 N–H and O–H groups in total. The molecule has 2 fully saturated rings. The van der Waals surface area contributed by atoms with Crippen molar-refractivity contribution in [2.24, 2.45) is 11.7 Å². The third-order valence-electron chi connectivity index (χ3n) is 5.67.